The highest BCUT2D eigenvalue weighted by Crippen LogP contribution is 2.30. The fourth-order valence-corrected chi connectivity index (χ4v) is 4.32. The number of carbonyl (C=O) groups excluding carboxylic acids is 1. The Morgan fingerprint density at radius 2 is 1.74 bits per heavy atom. The Balaban J connectivity index is 1.61. The van der Waals surface area contributed by atoms with E-state index in [0.717, 1.165) is 27.9 Å². The predicted molar refractivity (Wildman–Crippen MR) is 137 cm³/mol. The van der Waals surface area contributed by atoms with Crippen LogP contribution in [-0.4, -0.2) is 41.5 Å². The Morgan fingerprint density at radius 3 is 2.43 bits per heavy atom. The average molecular weight is 466 g/mol. The maximum absolute atomic E-state index is 13.4. The summed E-state index contributed by atoms with van der Waals surface area (Å²) in [6.07, 6.45) is 4.38. The van der Waals surface area contributed by atoms with Gasteiger partial charge in [0.05, 0.1) is 18.1 Å². The molecule has 0 aliphatic carbocycles. The zero-order valence-corrected chi connectivity index (χ0v) is 19.6. The zero-order chi connectivity index (χ0) is 24.8. The number of carbonyl (C=O) groups is 2. The minimum Gasteiger partial charge on any atom is -0.481 e. The van der Waals surface area contributed by atoms with E-state index in [1.165, 1.54) is 0 Å². The Hall–Kier alpha value is -4.37. The standard InChI is InChI=1S/C29H27N3O3/c1-31-26-17-23(10-7-22-8-11-24(19-30)12-9-22)13-14-25(26)20-32(29(35)27(31)18-28(33)34)16-15-21-5-3-2-4-6-21/h2-14,17,27H,15-16,18,20H2,1H3,(H,33,34). The number of nitriles is 1. The molecule has 0 spiro atoms. The highest BCUT2D eigenvalue weighted by atomic mass is 16.4. The zero-order valence-electron chi connectivity index (χ0n) is 19.6. The fraction of sp³-hybridized carbons (Fsp3) is 0.207. The van der Waals surface area contributed by atoms with E-state index in [1.807, 2.05) is 72.8 Å². The summed E-state index contributed by atoms with van der Waals surface area (Å²) in [5.41, 5.74) is 5.50. The average Bonchev–Trinajstić information content (AvgIpc) is 2.97. The molecule has 1 aliphatic heterocycles. The maximum Gasteiger partial charge on any atom is 0.305 e. The summed E-state index contributed by atoms with van der Waals surface area (Å²) in [6.45, 7) is 0.952. The monoisotopic (exact) mass is 465 g/mol. The van der Waals surface area contributed by atoms with E-state index in [4.69, 9.17) is 5.26 Å². The number of nitrogens with zero attached hydrogens (tertiary/aromatic N) is 3. The van der Waals surface area contributed by atoms with E-state index in [-0.39, 0.29) is 12.3 Å². The first-order valence-corrected chi connectivity index (χ1v) is 11.5. The summed E-state index contributed by atoms with van der Waals surface area (Å²) in [5, 5.41) is 18.5. The SMILES string of the molecule is CN1c2cc(C=Cc3ccc(C#N)cc3)ccc2CN(CCc2ccccc2)C(=O)C1CC(=O)O. The summed E-state index contributed by atoms with van der Waals surface area (Å²) in [4.78, 5) is 28.6. The molecule has 6 heteroatoms. The van der Waals surface area contributed by atoms with Crippen molar-refractivity contribution in [3.05, 3.63) is 101 Å². The minimum absolute atomic E-state index is 0.170. The summed E-state index contributed by atoms with van der Waals surface area (Å²) >= 11 is 0. The lowest BCUT2D eigenvalue weighted by Crippen LogP contribution is -2.46. The second-order valence-corrected chi connectivity index (χ2v) is 8.68. The number of benzene rings is 3. The fourth-order valence-electron chi connectivity index (χ4n) is 4.32. The molecule has 35 heavy (non-hydrogen) atoms. The highest BCUT2D eigenvalue weighted by Gasteiger charge is 2.34. The topological polar surface area (TPSA) is 84.6 Å². The van der Waals surface area contributed by atoms with E-state index >= 15 is 0 Å². The molecule has 1 amide bonds. The van der Waals surface area contributed by atoms with Gasteiger partial charge in [-0.05, 0) is 46.9 Å². The largest absolute Gasteiger partial charge is 0.481 e. The van der Waals surface area contributed by atoms with Crippen molar-refractivity contribution >= 4 is 29.7 Å². The van der Waals surface area contributed by atoms with Crippen LogP contribution >= 0.6 is 0 Å². The number of anilines is 1. The van der Waals surface area contributed by atoms with Crippen LogP contribution in [0.2, 0.25) is 0 Å². The molecule has 1 aliphatic rings. The number of rotatable bonds is 7. The van der Waals surface area contributed by atoms with Crippen molar-refractivity contribution in [3.63, 3.8) is 0 Å². The third kappa shape index (κ3) is 5.77. The van der Waals surface area contributed by atoms with Crippen molar-refractivity contribution in [2.75, 3.05) is 18.5 Å². The summed E-state index contributed by atoms with van der Waals surface area (Å²) in [7, 11) is 1.79. The molecule has 0 radical (unpaired) electrons. The Bertz CT molecular complexity index is 1280. The molecule has 1 N–H and O–H groups in total. The number of amides is 1. The molecule has 0 saturated carbocycles. The molecule has 6 nitrogen and oxygen atoms in total. The Labute approximate surface area is 205 Å². The van der Waals surface area contributed by atoms with Gasteiger partial charge < -0.3 is 14.9 Å². The lowest BCUT2D eigenvalue weighted by Gasteiger charge is -2.29. The van der Waals surface area contributed by atoms with Crippen LogP contribution in [0.4, 0.5) is 5.69 Å². The van der Waals surface area contributed by atoms with Crippen LogP contribution in [0.15, 0.2) is 72.8 Å². The molecule has 176 valence electrons. The van der Waals surface area contributed by atoms with Crippen molar-refractivity contribution in [3.8, 4) is 6.07 Å². The van der Waals surface area contributed by atoms with Gasteiger partial charge in [0.2, 0.25) is 5.91 Å². The molecule has 0 saturated heterocycles. The highest BCUT2D eigenvalue weighted by molar-refractivity contribution is 5.91. The Kier molecular flexibility index (Phi) is 7.27. The third-order valence-corrected chi connectivity index (χ3v) is 6.30. The van der Waals surface area contributed by atoms with Crippen LogP contribution in [0.5, 0.6) is 0 Å². The van der Waals surface area contributed by atoms with Gasteiger partial charge in [-0.1, -0.05) is 66.7 Å². The molecule has 3 aromatic carbocycles. The van der Waals surface area contributed by atoms with Crippen LogP contribution in [0.1, 0.15) is 34.2 Å². The number of carboxylic acids is 1. The van der Waals surface area contributed by atoms with Crippen molar-refractivity contribution in [2.24, 2.45) is 0 Å². The van der Waals surface area contributed by atoms with Gasteiger partial charge in [0.1, 0.15) is 6.04 Å². The number of likely N-dealkylation sites (N-methyl/N-ethyl adjacent to an activating group) is 1. The molecule has 4 rings (SSSR count). The van der Waals surface area contributed by atoms with Gasteiger partial charge >= 0.3 is 5.97 Å². The van der Waals surface area contributed by atoms with Crippen molar-refractivity contribution in [1.82, 2.24) is 4.90 Å². The quantitative estimate of drug-likeness (QED) is 0.516. The van der Waals surface area contributed by atoms with Crippen LogP contribution in [0.25, 0.3) is 12.2 Å². The van der Waals surface area contributed by atoms with Gasteiger partial charge in [-0.2, -0.15) is 5.26 Å². The van der Waals surface area contributed by atoms with E-state index in [9.17, 15) is 14.7 Å². The third-order valence-electron chi connectivity index (χ3n) is 6.30. The van der Waals surface area contributed by atoms with Crippen molar-refractivity contribution in [2.45, 2.75) is 25.4 Å². The smallest absolute Gasteiger partial charge is 0.305 e. The van der Waals surface area contributed by atoms with E-state index in [0.29, 0.717) is 25.1 Å². The van der Waals surface area contributed by atoms with Gasteiger partial charge in [0.15, 0.2) is 0 Å². The van der Waals surface area contributed by atoms with Crippen LogP contribution in [0, 0.1) is 11.3 Å². The summed E-state index contributed by atoms with van der Waals surface area (Å²) in [5.74, 6) is -1.17. The van der Waals surface area contributed by atoms with E-state index < -0.39 is 12.0 Å². The van der Waals surface area contributed by atoms with Crippen LogP contribution in [-0.2, 0) is 22.6 Å². The van der Waals surface area contributed by atoms with Gasteiger partial charge in [-0.15, -0.1) is 0 Å². The number of aliphatic carboxylic acids is 1. The number of fused-ring (bicyclic) bond motifs is 1. The van der Waals surface area contributed by atoms with Gasteiger partial charge in [0.25, 0.3) is 0 Å². The lowest BCUT2D eigenvalue weighted by molar-refractivity contribution is -0.142. The Morgan fingerprint density at radius 1 is 1.06 bits per heavy atom. The summed E-state index contributed by atoms with van der Waals surface area (Å²) < 4.78 is 0. The van der Waals surface area contributed by atoms with Gasteiger partial charge in [-0.3, -0.25) is 9.59 Å². The molecular weight excluding hydrogens is 438 g/mol. The molecule has 0 bridgehead atoms. The molecular formula is C29H27N3O3. The van der Waals surface area contributed by atoms with E-state index in [1.54, 1.807) is 29.0 Å². The van der Waals surface area contributed by atoms with Gasteiger partial charge in [0, 0.05) is 25.8 Å². The van der Waals surface area contributed by atoms with E-state index in [2.05, 4.69) is 6.07 Å². The minimum atomic E-state index is -1.00. The van der Waals surface area contributed by atoms with Crippen LogP contribution < -0.4 is 4.90 Å². The first kappa shape index (κ1) is 23.8. The lowest BCUT2D eigenvalue weighted by atomic mass is 10.1. The first-order valence-electron chi connectivity index (χ1n) is 11.5. The molecule has 1 heterocycles. The maximum atomic E-state index is 13.4. The molecule has 3 aromatic rings. The van der Waals surface area contributed by atoms with Gasteiger partial charge in [-0.25, -0.2) is 0 Å². The van der Waals surface area contributed by atoms with Crippen molar-refractivity contribution in [1.29, 1.82) is 5.26 Å². The second kappa shape index (κ2) is 10.7. The predicted octanol–water partition coefficient (Wildman–Crippen LogP) is 4.59. The van der Waals surface area contributed by atoms with Crippen LogP contribution in [0.3, 0.4) is 0 Å². The van der Waals surface area contributed by atoms with Crippen molar-refractivity contribution < 1.29 is 14.7 Å². The number of hydrogen-bond donors (Lipinski definition) is 1. The molecule has 0 aromatic heterocycles. The molecule has 0 fully saturated rings. The normalized spacial score (nSPS) is 15.5. The molecule has 1 atom stereocenters. The summed E-state index contributed by atoms with van der Waals surface area (Å²) in [6, 6.07) is 24.6. The second-order valence-electron chi connectivity index (χ2n) is 8.68. The first-order chi connectivity index (χ1) is 16.9. The molecule has 1 unspecified atom stereocenters. The number of carboxylic acid groups (broad SMARTS) is 1. The number of hydrogen-bond acceptors (Lipinski definition) is 4.